The van der Waals surface area contributed by atoms with Gasteiger partial charge in [-0.2, -0.15) is 5.11 Å². The average Bonchev–Trinajstić information content (AvgIpc) is 2.02. The van der Waals surface area contributed by atoms with Gasteiger partial charge in [-0.05, 0) is 33.6 Å². The van der Waals surface area contributed by atoms with Gasteiger partial charge in [0.05, 0.1) is 23.9 Å². The molecule has 15 heavy (non-hydrogen) atoms. The Labute approximate surface area is 92.5 Å². The molecule has 0 aliphatic heterocycles. The van der Waals surface area contributed by atoms with Crippen LogP contribution >= 0.6 is 0 Å². The minimum atomic E-state index is -0.906. The lowest BCUT2D eigenvalue weighted by atomic mass is 9.89. The van der Waals surface area contributed by atoms with E-state index in [4.69, 9.17) is 10.3 Å². The molecule has 0 heterocycles. The molecule has 90 valence electrons. The van der Waals surface area contributed by atoms with Crippen LogP contribution < -0.4 is 0 Å². The highest BCUT2D eigenvalue weighted by atomic mass is 16.5. The van der Waals surface area contributed by atoms with Crippen LogP contribution in [0.5, 0.6) is 0 Å². The molecule has 0 radical (unpaired) electrons. The zero-order chi connectivity index (χ0) is 12.3. The van der Waals surface area contributed by atoms with Crippen molar-refractivity contribution in [2.75, 3.05) is 6.61 Å². The fraction of sp³-hybridized carbons (Fsp3) is 1.00. The molecule has 0 aromatic rings. The van der Waals surface area contributed by atoms with E-state index >= 15 is 0 Å². The Morgan fingerprint density at radius 3 is 2.00 bits per heavy atom. The zero-order valence-electron chi connectivity index (χ0n) is 10.7. The number of rotatable bonds is 6. The van der Waals surface area contributed by atoms with Gasteiger partial charge in [0.15, 0.2) is 0 Å². The predicted octanol–water partition coefficient (Wildman–Crippen LogP) is 2.61. The molecule has 0 aromatic heterocycles. The van der Waals surface area contributed by atoms with Gasteiger partial charge in [0.2, 0.25) is 0 Å². The van der Waals surface area contributed by atoms with Crippen LogP contribution in [-0.4, -0.2) is 29.0 Å². The lowest BCUT2D eigenvalue weighted by molar-refractivity contribution is -0.151. The Bertz CT molecular complexity index is 207. The Balaban J connectivity index is 4.31. The fourth-order valence-corrected chi connectivity index (χ4v) is 0.849. The van der Waals surface area contributed by atoms with Crippen LogP contribution in [0.4, 0.5) is 0 Å². The van der Waals surface area contributed by atoms with Crippen LogP contribution in [0.25, 0.3) is 0 Å². The molecule has 0 spiro atoms. The summed E-state index contributed by atoms with van der Waals surface area (Å²) >= 11 is 0. The molecule has 0 aromatic carbocycles. The molecule has 0 bridgehead atoms. The van der Waals surface area contributed by atoms with Crippen LogP contribution in [0.2, 0.25) is 0 Å². The summed E-state index contributed by atoms with van der Waals surface area (Å²) in [6, 6.07) is -0.133. The van der Waals surface area contributed by atoms with E-state index in [0.717, 1.165) is 0 Å². The maximum absolute atomic E-state index is 9.87. The molecule has 4 heteroatoms. The summed E-state index contributed by atoms with van der Waals surface area (Å²) in [7, 11) is 0. The molecular weight excluding hydrogens is 192 g/mol. The molecule has 1 atom stereocenters. The minimum Gasteiger partial charge on any atom is -0.387 e. The second-order valence-electron chi connectivity index (χ2n) is 5.32. The van der Waals surface area contributed by atoms with Gasteiger partial charge < -0.3 is 9.84 Å². The maximum Gasteiger partial charge on any atom is 0.0961 e. The quantitative estimate of drug-likeness (QED) is 0.670. The fourth-order valence-electron chi connectivity index (χ4n) is 0.849. The van der Waals surface area contributed by atoms with Crippen molar-refractivity contribution < 1.29 is 9.84 Å². The highest BCUT2D eigenvalue weighted by Gasteiger charge is 2.36. The van der Waals surface area contributed by atoms with Crippen molar-refractivity contribution in [1.29, 1.82) is 5.53 Å². The summed E-state index contributed by atoms with van der Waals surface area (Å²) in [6.45, 7) is 11.5. The van der Waals surface area contributed by atoms with Crippen molar-refractivity contribution in [3.8, 4) is 0 Å². The standard InChI is InChI=1S/C11H24N2O2/c1-8(2)9(13-12)7-15-11(5,6)10(3,4)14/h8-9,12,14H,7H2,1-6H3. The van der Waals surface area contributed by atoms with Crippen LogP contribution in [0.3, 0.4) is 0 Å². The molecular formula is C11H24N2O2. The first-order chi connectivity index (χ1) is 6.62. The van der Waals surface area contributed by atoms with E-state index in [1.807, 2.05) is 27.7 Å². The van der Waals surface area contributed by atoms with Crippen LogP contribution in [0.1, 0.15) is 41.5 Å². The molecule has 0 aliphatic rings. The van der Waals surface area contributed by atoms with Crippen molar-refractivity contribution in [3.63, 3.8) is 0 Å². The number of nitrogens with one attached hydrogen (secondary N) is 1. The first-order valence-electron chi connectivity index (χ1n) is 5.34. The van der Waals surface area contributed by atoms with Gasteiger partial charge in [0.25, 0.3) is 0 Å². The first-order valence-corrected chi connectivity index (χ1v) is 5.34. The summed E-state index contributed by atoms with van der Waals surface area (Å²) < 4.78 is 5.64. The molecule has 0 aliphatic carbocycles. The molecule has 0 saturated heterocycles. The van der Waals surface area contributed by atoms with Gasteiger partial charge in [0.1, 0.15) is 0 Å². The highest BCUT2D eigenvalue weighted by molar-refractivity contribution is 4.88. The van der Waals surface area contributed by atoms with E-state index in [-0.39, 0.29) is 12.0 Å². The molecule has 0 fully saturated rings. The number of nitrogens with zero attached hydrogens (tertiary/aromatic N) is 1. The molecule has 0 amide bonds. The third-order valence-corrected chi connectivity index (χ3v) is 3.02. The molecule has 0 saturated carbocycles. The van der Waals surface area contributed by atoms with Crippen molar-refractivity contribution in [2.45, 2.75) is 58.8 Å². The van der Waals surface area contributed by atoms with Gasteiger partial charge in [-0.3, -0.25) is 0 Å². The van der Waals surface area contributed by atoms with E-state index in [9.17, 15) is 5.11 Å². The van der Waals surface area contributed by atoms with E-state index in [1.165, 1.54) is 0 Å². The van der Waals surface area contributed by atoms with E-state index in [2.05, 4.69) is 5.11 Å². The summed E-state index contributed by atoms with van der Waals surface area (Å²) in [6.07, 6.45) is 0. The molecule has 1 unspecified atom stereocenters. The van der Waals surface area contributed by atoms with E-state index in [0.29, 0.717) is 6.61 Å². The first kappa shape index (κ1) is 14.5. The Kier molecular flexibility index (Phi) is 4.87. The lowest BCUT2D eigenvalue weighted by Gasteiger charge is -2.37. The van der Waals surface area contributed by atoms with Crippen molar-refractivity contribution in [2.24, 2.45) is 11.0 Å². The normalized spacial score (nSPS) is 15.5. The van der Waals surface area contributed by atoms with Crippen LogP contribution in [0, 0.1) is 11.4 Å². The highest BCUT2D eigenvalue weighted by Crippen LogP contribution is 2.25. The van der Waals surface area contributed by atoms with Gasteiger partial charge in [-0.1, -0.05) is 13.8 Å². The third kappa shape index (κ3) is 4.26. The maximum atomic E-state index is 9.87. The molecule has 4 nitrogen and oxygen atoms in total. The lowest BCUT2D eigenvalue weighted by Crippen LogP contribution is -2.48. The summed E-state index contributed by atoms with van der Waals surface area (Å²) in [5.41, 5.74) is 5.50. The number of hydrogen-bond donors (Lipinski definition) is 2. The number of aliphatic hydroxyl groups is 1. The SMILES string of the molecule is CC(C)C(COC(C)(C)C(C)(C)O)N=N. The Hall–Kier alpha value is -0.480. The average molecular weight is 216 g/mol. The van der Waals surface area contributed by atoms with Crippen molar-refractivity contribution in [1.82, 2.24) is 0 Å². The minimum absolute atomic E-state index is 0.133. The number of ether oxygens (including phenoxy) is 1. The Morgan fingerprint density at radius 2 is 1.73 bits per heavy atom. The second-order valence-corrected chi connectivity index (χ2v) is 5.32. The van der Waals surface area contributed by atoms with Gasteiger partial charge in [-0.15, -0.1) is 0 Å². The largest absolute Gasteiger partial charge is 0.387 e. The van der Waals surface area contributed by atoms with E-state index in [1.54, 1.807) is 13.8 Å². The Morgan fingerprint density at radius 1 is 1.27 bits per heavy atom. The summed E-state index contributed by atoms with van der Waals surface area (Å²) in [5.74, 6) is 0.278. The monoisotopic (exact) mass is 216 g/mol. The summed E-state index contributed by atoms with van der Waals surface area (Å²) in [4.78, 5) is 0. The van der Waals surface area contributed by atoms with Gasteiger partial charge in [-0.25, -0.2) is 5.53 Å². The number of hydrogen-bond acceptors (Lipinski definition) is 4. The summed E-state index contributed by atoms with van der Waals surface area (Å²) in [5, 5.41) is 13.4. The topological polar surface area (TPSA) is 65.7 Å². The zero-order valence-corrected chi connectivity index (χ0v) is 10.7. The second kappa shape index (κ2) is 5.03. The van der Waals surface area contributed by atoms with Crippen molar-refractivity contribution in [3.05, 3.63) is 0 Å². The van der Waals surface area contributed by atoms with Crippen molar-refractivity contribution >= 4 is 0 Å². The van der Waals surface area contributed by atoms with Gasteiger partial charge in [0, 0.05) is 0 Å². The molecule has 2 N–H and O–H groups in total. The van der Waals surface area contributed by atoms with E-state index < -0.39 is 11.2 Å². The van der Waals surface area contributed by atoms with Gasteiger partial charge >= 0.3 is 0 Å². The predicted molar refractivity (Wildman–Crippen MR) is 60.1 cm³/mol. The third-order valence-electron chi connectivity index (χ3n) is 3.02. The molecule has 0 rings (SSSR count). The van der Waals surface area contributed by atoms with Crippen LogP contribution in [0.15, 0.2) is 5.11 Å². The van der Waals surface area contributed by atoms with Crippen LogP contribution in [-0.2, 0) is 4.74 Å². The smallest absolute Gasteiger partial charge is 0.0961 e.